The second kappa shape index (κ2) is 5.41. The lowest BCUT2D eigenvalue weighted by Crippen LogP contribution is -1.99. The third kappa shape index (κ3) is 3.50. The van der Waals surface area contributed by atoms with Crippen molar-refractivity contribution in [3.63, 3.8) is 0 Å². The van der Waals surface area contributed by atoms with Crippen LogP contribution in [0.15, 0.2) is 18.3 Å². The third-order valence-electron chi connectivity index (χ3n) is 1.46. The lowest BCUT2D eigenvalue weighted by molar-refractivity contribution is -0.136. The summed E-state index contributed by atoms with van der Waals surface area (Å²) in [6.07, 6.45) is 1.47. The van der Waals surface area contributed by atoms with Gasteiger partial charge in [-0.15, -0.1) is 0 Å². The van der Waals surface area contributed by atoms with Gasteiger partial charge in [-0.2, -0.15) is 5.26 Å². The highest BCUT2D eigenvalue weighted by molar-refractivity contribution is 5.89. The molecular formula is C11H8N2O2. The number of aromatic nitrogens is 1. The molecular weight excluding hydrogens is 192 g/mol. The number of hydrogen-bond donors (Lipinski definition) is 0. The lowest BCUT2D eigenvalue weighted by Gasteiger charge is -1.92. The average Bonchev–Trinajstić information content (AvgIpc) is 2.27. The Morgan fingerprint density at radius 3 is 3.13 bits per heavy atom. The first-order valence-corrected chi connectivity index (χ1v) is 4.31. The van der Waals surface area contributed by atoms with Crippen LogP contribution in [0, 0.1) is 23.2 Å². The van der Waals surface area contributed by atoms with Crippen LogP contribution >= 0.6 is 0 Å². The van der Waals surface area contributed by atoms with Gasteiger partial charge in [0.1, 0.15) is 11.8 Å². The number of pyridine rings is 1. The molecule has 1 heterocycles. The van der Waals surface area contributed by atoms with Crippen molar-refractivity contribution in [3.05, 3.63) is 29.6 Å². The largest absolute Gasteiger partial charge is 0.456 e. The Morgan fingerprint density at radius 2 is 2.47 bits per heavy atom. The van der Waals surface area contributed by atoms with Gasteiger partial charge in [0.2, 0.25) is 0 Å². The number of nitriles is 1. The second-order valence-corrected chi connectivity index (χ2v) is 2.51. The summed E-state index contributed by atoms with van der Waals surface area (Å²) in [5.41, 5.74) is 0.834. The molecule has 0 amide bonds. The van der Waals surface area contributed by atoms with E-state index in [4.69, 9.17) is 5.26 Å². The maximum absolute atomic E-state index is 10.9. The zero-order chi connectivity index (χ0) is 11.1. The monoisotopic (exact) mass is 200 g/mol. The number of nitrogens with zero attached hydrogens (tertiary/aromatic N) is 2. The van der Waals surface area contributed by atoms with E-state index in [0.717, 1.165) is 0 Å². The van der Waals surface area contributed by atoms with Crippen molar-refractivity contribution >= 4 is 5.97 Å². The maximum Gasteiger partial charge on any atom is 0.384 e. The third-order valence-corrected chi connectivity index (χ3v) is 1.46. The SMILES string of the molecule is CCOC(=O)C#Cc1ccnc(C#N)c1. The Morgan fingerprint density at radius 1 is 1.67 bits per heavy atom. The molecule has 0 aliphatic carbocycles. The molecule has 0 fully saturated rings. The topological polar surface area (TPSA) is 63.0 Å². The molecule has 74 valence electrons. The van der Waals surface area contributed by atoms with Crippen LogP contribution in [0.25, 0.3) is 0 Å². The van der Waals surface area contributed by atoms with Gasteiger partial charge in [-0.25, -0.2) is 9.78 Å². The van der Waals surface area contributed by atoms with E-state index in [1.165, 1.54) is 12.3 Å². The van der Waals surface area contributed by atoms with E-state index in [1.807, 2.05) is 6.07 Å². The Hall–Kier alpha value is -2.33. The van der Waals surface area contributed by atoms with Gasteiger partial charge in [0.15, 0.2) is 0 Å². The van der Waals surface area contributed by atoms with Gasteiger partial charge in [-0.1, -0.05) is 5.92 Å². The Kier molecular flexibility index (Phi) is 3.88. The first-order chi connectivity index (χ1) is 7.26. The standard InChI is InChI=1S/C11H8N2O2/c1-2-15-11(14)4-3-9-5-6-13-10(7-9)8-12/h5-7H,2H2,1H3. The molecule has 1 aromatic heterocycles. The van der Waals surface area contributed by atoms with Crippen molar-refractivity contribution in [2.24, 2.45) is 0 Å². The molecule has 0 radical (unpaired) electrons. The molecule has 0 saturated heterocycles. The fourth-order valence-electron chi connectivity index (χ4n) is 0.860. The Labute approximate surface area is 87.5 Å². The summed E-state index contributed by atoms with van der Waals surface area (Å²) in [5.74, 6) is 4.32. The smallest absolute Gasteiger partial charge is 0.384 e. The van der Waals surface area contributed by atoms with Crippen LogP contribution in [0.5, 0.6) is 0 Å². The zero-order valence-corrected chi connectivity index (χ0v) is 8.15. The fraction of sp³-hybridized carbons (Fsp3) is 0.182. The number of rotatable bonds is 1. The fourth-order valence-corrected chi connectivity index (χ4v) is 0.860. The van der Waals surface area contributed by atoms with Crippen LogP contribution < -0.4 is 0 Å². The van der Waals surface area contributed by atoms with E-state index < -0.39 is 5.97 Å². The molecule has 0 aliphatic rings. The summed E-state index contributed by atoms with van der Waals surface area (Å²) in [4.78, 5) is 14.7. The predicted molar refractivity (Wildman–Crippen MR) is 52.5 cm³/mol. The predicted octanol–water partition coefficient (Wildman–Crippen LogP) is 0.868. The first-order valence-electron chi connectivity index (χ1n) is 4.31. The van der Waals surface area contributed by atoms with Gasteiger partial charge in [0, 0.05) is 17.7 Å². The minimum atomic E-state index is -0.576. The van der Waals surface area contributed by atoms with Crippen LogP contribution in [0.1, 0.15) is 18.2 Å². The second-order valence-electron chi connectivity index (χ2n) is 2.51. The minimum Gasteiger partial charge on any atom is -0.456 e. The van der Waals surface area contributed by atoms with Crippen molar-refractivity contribution < 1.29 is 9.53 Å². The quantitative estimate of drug-likeness (QED) is 0.498. The van der Waals surface area contributed by atoms with Gasteiger partial charge < -0.3 is 4.74 Å². The number of ether oxygens (including phenoxy) is 1. The molecule has 0 bridgehead atoms. The van der Waals surface area contributed by atoms with Crippen LogP contribution in [0.2, 0.25) is 0 Å². The van der Waals surface area contributed by atoms with Crippen LogP contribution in [0.4, 0.5) is 0 Å². The van der Waals surface area contributed by atoms with E-state index in [9.17, 15) is 4.79 Å². The number of hydrogen-bond acceptors (Lipinski definition) is 4. The van der Waals surface area contributed by atoms with E-state index >= 15 is 0 Å². The zero-order valence-electron chi connectivity index (χ0n) is 8.15. The van der Waals surface area contributed by atoms with Crippen LogP contribution in [0.3, 0.4) is 0 Å². The average molecular weight is 200 g/mol. The molecule has 0 unspecified atom stereocenters. The van der Waals surface area contributed by atoms with Gasteiger partial charge in [0.05, 0.1) is 6.61 Å². The molecule has 4 heteroatoms. The summed E-state index contributed by atoms with van der Waals surface area (Å²) in [6.45, 7) is 2.01. The normalized spacial score (nSPS) is 8.27. The molecule has 0 aromatic carbocycles. The van der Waals surface area contributed by atoms with Crippen molar-refractivity contribution in [2.75, 3.05) is 6.61 Å². The van der Waals surface area contributed by atoms with Crippen molar-refractivity contribution in [1.82, 2.24) is 4.98 Å². The lowest BCUT2D eigenvalue weighted by atomic mass is 10.2. The van der Waals surface area contributed by atoms with Crippen molar-refractivity contribution in [2.45, 2.75) is 6.92 Å². The van der Waals surface area contributed by atoms with E-state index in [0.29, 0.717) is 12.2 Å². The summed E-state index contributed by atoms with van der Waals surface area (Å²) in [6, 6.07) is 5.01. The number of esters is 1. The van der Waals surface area contributed by atoms with Gasteiger partial charge in [-0.05, 0) is 19.1 Å². The molecule has 15 heavy (non-hydrogen) atoms. The van der Waals surface area contributed by atoms with Gasteiger partial charge in [0.25, 0.3) is 0 Å². The summed E-state index contributed by atoms with van der Waals surface area (Å²) < 4.78 is 4.63. The van der Waals surface area contributed by atoms with Crippen molar-refractivity contribution in [1.29, 1.82) is 5.26 Å². The van der Waals surface area contributed by atoms with Gasteiger partial charge >= 0.3 is 5.97 Å². The maximum atomic E-state index is 10.9. The molecule has 0 aliphatic heterocycles. The van der Waals surface area contributed by atoms with E-state index in [1.54, 1.807) is 13.0 Å². The van der Waals surface area contributed by atoms with Crippen LogP contribution in [-0.4, -0.2) is 17.6 Å². The highest BCUT2D eigenvalue weighted by atomic mass is 16.5. The first kappa shape index (κ1) is 10.7. The molecule has 0 spiro atoms. The summed E-state index contributed by atoms with van der Waals surface area (Å²) >= 11 is 0. The van der Waals surface area contributed by atoms with E-state index in [2.05, 4.69) is 21.6 Å². The Balaban J connectivity index is 2.80. The summed E-state index contributed by atoms with van der Waals surface area (Å²) in [7, 11) is 0. The molecule has 1 aromatic rings. The van der Waals surface area contributed by atoms with Crippen molar-refractivity contribution in [3.8, 4) is 17.9 Å². The highest BCUT2D eigenvalue weighted by Crippen LogP contribution is 1.98. The summed E-state index contributed by atoms with van der Waals surface area (Å²) in [5, 5.41) is 8.57. The Bertz CT molecular complexity index is 463. The van der Waals surface area contributed by atoms with E-state index in [-0.39, 0.29) is 5.69 Å². The van der Waals surface area contributed by atoms with Crippen LogP contribution in [-0.2, 0) is 9.53 Å². The molecule has 1 rings (SSSR count). The molecule has 4 nitrogen and oxygen atoms in total. The number of carbonyl (C=O) groups is 1. The molecule has 0 atom stereocenters. The minimum absolute atomic E-state index is 0.269. The molecule has 0 N–H and O–H groups in total. The molecule has 0 saturated carbocycles. The highest BCUT2D eigenvalue weighted by Gasteiger charge is 1.95. The van der Waals surface area contributed by atoms with Gasteiger partial charge in [-0.3, -0.25) is 0 Å². The number of carbonyl (C=O) groups excluding carboxylic acids is 1.